The van der Waals surface area contributed by atoms with E-state index in [2.05, 4.69) is 88.4 Å². The van der Waals surface area contributed by atoms with Crippen LogP contribution in [0.4, 0.5) is 0 Å². The number of rotatable bonds is 32. The van der Waals surface area contributed by atoms with Crippen LogP contribution < -0.4 is 0 Å². The lowest BCUT2D eigenvalue weighted by Gasteiger charge is -2.31. The Balaban J connectivity index is 2.18. The minimum absolute atomic E-state index is 0.184. The average molecular weight is 642 g/mol. The summed E-state index contributed by atoms with van der Waals surface area (Å²) in [4.78, 5) is 2.27. The van der Waals surface area contributed by atoms with E-state index in [9.17, 15) is 0 Å². The van der Waals surface area contributed by atoms with Crippen LogP contribution >= 0.6 is 0 Å². The third-order valence-corrected chi connectivity index (χ3v) is 9.75. The second-order valence-corrected chi connectivity index (χ2v) is 14.3. The highest BCUT2D eigenvalue weighted by molar-refractivity contribution is 4.93. The third-order valence-electron chi connectivity index (χ3n) is 9.75. The van der Waals surface area contributed by atoms with Crippen molar-refractivity contribution in [1.29, 1.82) is 0 Å². The second-order valence-electron chi connectivity index (χ2n) is 14.3. The van der Waals surface area contributed by atoms with Crippen molar-refractivity contribution in [3.8, 4) is 0 Å². The van der Waals surface area contributed by atoms with Gasteiger partial charge < -0.3 is 14.4 Å². The van der Waals surface area contributed by atoms with Gasteiger partial charge in [0.25, 0.3) is 0 Å². The number of likely N-dealkylation sites (N-methyl/N-ethyl adjacent to an activating group) is 1. The zero-order valence-corrected chi connectivity index (χ0v) is 31.6. The Hall–Kier alpha value is -1.16. The smallest absolute Gasteiger partial charge is 0.168 e. The van der Waals surface area contributed by atoms with Crippen LogP contribution in [0.25, 0.3) is 0 Å². The van der Waals surface area contributed by atoms with E-state index in [1.807, 2.05) is 0 Å². The van der Waals surface area contributed by atoms with Crippen LogP contribution in [0, 0.1) is 0 Å². The van der Waals surface area contributed by atoms with Crippen LogP contribution in [0.3, 0.4) is 0 Å². The number of ether oxygens (including phenoxy) is 2. The molecule has 1 aliphatic heterocycles. The molecule has 1 aliphatic rings. The van der Waals surface area contributed by atoms with Gasteiger partial charge in [-0.2, -0.15) is 0 Å². The molecule has 0 aromatic heterocycles. The standard InChI is InChI=1S/C43H79NO2/c1-6-8-10-12-14-16-18-20-22-24-26-28-30-32-34-36-38-43(45-40-42(46-43)41(3)44(4)5)39-37-35-33-31-29-27-25-23-21-19-17-15-13-11-9-7-2/h14-17,20-23,41-42H,6-13,18-19,24-40H2,1-5H3/b16-14-,17-15-,22-20-,23-21-/t41?,42-/m1/s1. The summed E-state index contributed by atoms with van der Waals surface area (Å²) in [6.07, 6.45) is 52.0. The summed E-state index contributed by atoms with van der Waals surface area (Å²) in [7, 11) is 4.30. The van der Waals surface area contributed by atoms with E-state index in [4.69, 9.17) is 9.47 Å². The predicted octanol–water partition coefficient (Wildman–Crippen LogP) is 13.5. The molecule has 0 bridgehead atoms. The van der Waals surface area contributed by atoms with Crippen molar-refractivity contribution in [3.63, 3.8) is 0 Å². The number of unbranched alkanes of at least 4 members (excludes halogenated alkanes) is 18. The molecule has 0 aromatic carbocycles. The van der Waals surface area contributed by atoms with Crippen LogP contribution in [0.15, 0.2) is 48.6 Å². The first-order valence-electron chi connectivity index (χ1n) is 20.1. The van der Waals surface area contributed by atoms with Gasteiger partial charge >= 0.3 is 0 Å². The summed E-state index contributed by atoms with van der Waals surface area (Å²) in [6.45, 7) is 7.55. The van der Waals surface area contributed by atoms with Crippen molar-refractivity contribution >= 4 is 0 Å². The fourth-order valence-corrected chi connectivity index (χ4v) is 6.30. The fourth-order valence-electron chi connectivity index (χ4n) is 6.30. The molecule has 3 heteroatoms. The molecule has 1 saturated heterocycles. The van der Waals surface area contributed by atoms with Crippen LogP contribution in [0.2, 0.25) is 0 Å². The molecule has 46 heavy (non-hydrogen) atoms. The quantitative estimate of drug-likeness (QED) is 0.0539. The fraction of sp³-hybridized carbons (Fsp3) is 0.814. The number of nitrogens with zero attached hydrogens (tertiary/aromatic N) is 1. The van der Waals surface area contributed by atoms with Crippen molar-refractivity contribution in [2.45, 2.75) is 206 Å². The van der Waals surface area contributed by atoms with E-state index < -0.39 is 0 Å². The monoisotopic (exact) mass is 642 g/mol. The molecule has 1 heterocycles. The van der Waals surface area contributed by atoms with Crippen LogP contribution in [0.1, 0.15) is 188 Å². The highest BCUT2D eigenvalue weighted by atomic mass is 16.7. The number of allylic oxidation sites excluding steroid dienone is 8. The lowest BCUT2D eigenvalue weighted by Crippen LogP contribution is -2.40. The van der Waals surface area contributed by atoms with Crippen molar-refractivity contribution < 1.29 is 9.47 Å². The molecule has 1 unspecified atom stereocenters. The van der Waals surface area contributed by atoms with Gasteiger partial charge in [-0.15, -0.1) is 0 Å². The average Bonchev–Trinajstić information content (AvgIpc) is 3.48. The van der Waals surface area contributed by atoms with Crippen LogP contribution in [0.5, 0.6) is 0 Å². The summed E-state index contributed by atoms with van der Waals surface area (Å²) >= 11 is 0. The molecular weight excluding hydrogens is 562 g/mol. The topological polar surface area (TPSA) is 21.7 Å². The summed E-state index contributed by atoms with van der Waals surface area (Å²) in [5, 5.41) is 0. The molecule has 3 nitrogen and oxygen atoms in total. The van der Waals surface area contributed by atoms with Crippen LogP contribution in [-0.4, -0.2) is 43.5 Å². The lowest BCUT2D eigenvalue weighted by molar-refractivity contribution is -0.183. The van der Waals surface area contributed by atoms with Gasteiger partial charge in [0, 0.05) is 18.9 Å². The van der Waals surface area contributed by atoms with Crippen molar-refractivity contribution in [1.82, 2.24) is 4.90 Å². The van der Waals surface area contributed by atoms with Crippen molar-refractivity contribution in [3.05, 3.63) is 48.6 Å². The van der Waals surface area contributed by atoms with Gasteiger partial charge in [-0.3, -0.25) is 0 Å². The molecule has 0 radical (unpaired) electrons. The largest absolute Gasteiger partial charge is 0.347 e. The first-order valence-corrected chi connectivity index (χ1v) is 20.1. The molecule has 0 amide bonds. The predicted molar refractivity (Wildman–Crippen MR) is 205 cm³/mol. The summed E-state index contributed by atoms with van der Waals surface area (Å²) in [5.41, 5.74) is 0. The Morgan fingerprint density at radius 3 is 1.30 bits per heavy atom. The third kappa shape index (κ3) is 24.1. The first kappa shape index (κ1) is 42.9. The van der Waals surface area contributed by atoms with Gasteiger partial charge in [0.2, 0.25) is 0 Å². The van der Waals surface area contributed by atoms with Gasteiger partial charge in [-0.25, -0.2) is 0 Å². The molecule has 1 fully saturated rings. The van der Waals surface area contributed by atoms with E-state index in [-0.39, 0.29) is 11.9 Å². The van der Waals surface area contributed by atoms with Crippen molar-refractivity contribution in [2.24, 2.45) is 0 Å². The lowest BCUT2D eigenvalue weighted by atomic mass is 9.98. The van der Waals surface area contributed by atoms with Gasteiger partial charge in [-0.05, 0) is 98.1 Å². The highest BCUT2D eigenvalue weighted by Crippen LogP contribution is 2.36. The number of hydrogen-bond donors (Lipinski definition) is 0. The Bertz CT molecular complexity index is 719. The molecular formula is C43H79NO2. The first-order chi connectivity index (χ1) is 22.5. The Morgan fingerprint density at radius 2 is 0.913 bits per heavy atom. The second kappa shape index (κ2) is 31.1. The maximum Gasteiger partial charge on any atom is 0.168 e. The zero-order chi connectivity index (χ0) is 33.4. The Morgan fingerprint density at radius 1 is 0.543 bits per heavy atom. The molecule has 0 aliphatic carbocycles. The molecule has 0 N–H and O–H groups in total. The van der Waals surface area contributed by atoms with Gasteiger partial charge in [0.05, 0.1) is 12.7 Å². The van der Waals surface area contributed by atoms with Crippen LogP contribution in [-0.2, 0) is 9.47 Å². The van der Waals surface area contributed by atoms with E-state index in [1.54, 1.807) is 0 Å². The van der Waals surface area contributed by atoms with E-state index in [0.717, 1.165) is 32.3 Å². The minimum atomic E-state index is -0.348. The normalized spacial score (nSPS) is 17.7. The summed E-state index contributed by atoms with van der Waals surface area (Å²) in [5.74, 6) is -0.348. The molecule has 0 aromatic rings. The van der Waals surface area contributed by atoms with Gasteiger partial charge in [0.15, 0.2) is 5.79 Å². The SMILES string of the molecule is CCCCC/C=C\C/C=C\CCCCCCCCC1(CCCCCCCC/C=C\C/C=C\CCCCC)OC[C@H](C(C)N(C)C)O1. The molecule has 2 atom stereocenters. The number of hydrogen-bond acceptors (Lipinski definition) is 3. The zero-order valence-electron chi connectivity index (χ0n) is 31.6. The Labute approximate surface area is 288 Å². The van der Waals surface area contributed by atoms with E-state index >= 15 is 0 Å². The minimum Gasteiger partial charge on any atom is -0.347 e. The maximum absolute atomic E-state index is 6.73. The van der Waals surface area contributed by atoms with E-state index in [1.165, 1.54) is 141 Å². The molecule has 1 rings (SSSR count). The molecule has 268 valence electrons. The van der Waals surface area contributed by atoms with Gasteiger partial charge in [-0.1, -0.05) is 140 Å². The van der Waals surface area contributed by atoms with Gasteiger partial charge in [0.1, 0.15) is 0 Å². The van der Waals surface area contributed by atoms with E-state index in [0.29, 0.717) is 6.04 Å². The maximum atomic E-state index is 6.73. The Kier molecular flexibility index (Phi) is 29.0. The summed E-state index contributed by atoms with van der Waals surface area (Å²) in [6, 6.07) is 0.383. The van der Waals surface area contributed by atoms with Crippen molar-refractivity contribution in [2.75, 3.05) is 20.7 Å². The molecule has 0 spiro atoms. The highest BCUT2D eigenvalue weighted by Gasteiger charge is 2.42. The summed E-state index contributed by atoms with van der Waals surface area (Å²) < 4.78 is 13.2. The molecule has 0 saturated carbocycles.